The summed E-state index contributed by atoms with van der Waals surface area (Å²) in [5, 5.41) is 12.7. The van der Waals surface area contributed by atoms with Gasteiger partial charge in [-0.25, -0.2) is 8.42 Å². The van der Waals surface area contributed by atoms with Crippen LogP contribution in [0.5, 0.6) is 0 Å². The standard InChI is InChI=1S/C18H22Cl2N4O3S/c1-23(2)6-7-24(15-5-8-28(26,27)12-15)11-13(10-21)18(25)22-17-4-3-14(19)9-16(17)20/h3-4,9,11,15H,5-8,12H2,1-2H3,(H,22,25)/b13-11-. The number of carbonyl (C=O) groups is 1. The quantitative estimate of drug-likeness (QED) is 0.512. The zero-order valence-corrected chi connectivity index (χ0v) is 18.0. The fraction of sp³-hybridized carbons (Fsp3) is 0.444. The van der Waals surface area contributed by atoms with Gasteiger partial charge in [0.1, 0.15) is 11.6 Å². The van der Waals surface area contributed by atoms with Gasteiger partial charge in [-0.2, -0.15) is 5.26 Å². The monoisotopic (exact) mass is 444 g/mol. The summed E-state index contributed by atoms with van der Waals surface area (Å²) in [5.41, 5.74) is 0.203. The van der Waals surface area contributed by atoms with Crippen LogP contribution in [0, 0.1) is 11.3 Å². The minimum Gasteiger partial charge on any atom is -0.371 e. The molecule has 1 aliphatic heterocycles. The van der Waals surface area contributed by atoms with Gasteiger partial charge in [0.2, 0.25) is 0 Å². The molecule has 1 aromatic rings. The molecule has 1 amide bonds. The molecule has 1 aromatic carbocycles. The maximum Gasteiger partial charge on any atom is 0.267 e. The summed E-state index contributed by atoms with van der Waals surface area (Å²) in [5.74, 6) is -0.499. The van der Waals surface area contributed by atoms with Gasteiger partial charge in [-0.1, -0.05) is 23.2 Å². The second-order valence-electron chi connectivity index (χ2n) is 6.83. The van der Waals surface area contributed by atoms with Gasteiger partial charge in [-0.3, -0.25) is 4.79 Å². The fourth-order valence-electron chi connectivity index (χ4n) is 2.79. The smallest absolute Gasteiger partial charge is 0.267 e. The number of nitriles is 1. The fourth-order valence-corrected chi connectivity index (χ4v) is 4.99. The summed E-state index contributed by atoms with van der Waals surface area (Å²) < 4.78 is 23.7. The van der Waals surface area contributed by atoms with Gasteiger partial charge in [0.15, 0.2) is 9.84 Å². The number of nitrogens with one attached hydrogen (secondary N) is 1. The first-order chi connectivity index (χ1) is 13.1. The van der Waals surface area contributed by atoms with Gasteiger partial charge < -0.3 is 15.1 Å². The van der Waals surface area contributed by atoms with Crippen molar-refractivity contribution >= 4 is 44.6 Å². The summed E-state index contributed by atoms with van der Waals surface area (Å²) in [7, 11) is 0.695. The van der Waals surface area contributed by atoms with Crippen molar-refractivity contribution in [3.8, 4) is 6.07 Å². The lowest BCUT2D eigenvalue weighted by atomic mass is 10.2. The predicted molar refractivity (Wildman–Crippen MR) is 111 cm³/mol. The van der Waals surface area contributed by atoms with Gasteiger partial charge in [0.05, 0.1) is 22.2 Å². The Bertz CT molecular complexity index is 910. The van der Waals surface area contributed by atoms with E-state index in [1.165, 1.54) is 12.3 Å². The molecule has 1 atom stereocenters. The highest BCUT2D eigenvalue weighted by molar-refractivity contribution is 7.91. The molecule has 2 rings (SSSR count). The van der Waals surface area contributed by atoms with Crippen molar-refractivity contribution in [2.75, 3.05) is 44.0 Å². The third kappa shape index (κ3) is 6.38. The number of hydrogen-bond donors (Lipinski definition) is 1. The third-order valence-electron chi connectivity index (χ3n) is 4.32. The number of anilines is 1. The Kier molecular flexibility index (Phi) is 7.72. The van der Waals surface area contributed by atoms with Crippen molar-refractivity contribution in [2.45, 2.75) is 12.5 Å². The van der Waals surface area contributed by atoms with E-state index in [-0.39, 0.29) is 28.1 Å². The van der Waals surface area contributed by atoms with Crippen LogP contribution in [0.1, 0.15) is 6.42 Å². The highest BCUT2D eigenvalue weighted by Crippen LogP contribution is 2.26. The number of amides is 1. The Labute approximate surface area is 175 Å². The lowest BCUT2D eigenvalue weighted by Gasteiger charge is -2.28. The first kappa shape index (κ1) is 22.5. The molecular formula is C18H22Cl2N4O3S. The van der Waals surface area contributed by atoms with Gasteiger partial charge >= 0.3 is 0 Å². The van der Waals surface area contributed by atoms with E-state index in [9.17, 15) is 18.5 Å². The average molecular weight is 445 g/mol. The lowest BCUT2D eigenvalue weighted by molar-refractivity contribution is -0.112. The van der Waals surface area contributed by atoms with E-state index in [2.05, 4.69) is 5.32 Å². The molecule has 0 radical (unpaired) electrons. The van der Waals surface area contributed by atoms with E-state index in [0.717, 1.165) is 0 Å². The Morgan fingerprint density at radius 2 is 2.07 bits per heavy atom. The van der Waals surface area contributed by atoms with Crippen molar-refractivity contribution in [1.82, 2.24) is 9.80 Å². The number of carbonyl (C=O) groups excluding carboxylic acids is 1. The molecule has 0 aromatic heterocycles. The molecule has 1 unspecified atom stereocenters. The molecule has 1 aliphatic rings. The van der Waals surface area contributed by atoms with Crippen molar-refractivity contribution in [3.63, 3.8) is 0 Å². The Morgan fingerprint density at radius 3 is 2.61 bits per heavy atom. The van der Waals surface area contributed by atoms with Crippen molar-refractivity contribution in [2.24, 2.45) is 0 Å². The highest BCUT2D eigenvalue weighted by atomic mass is 35.5. The van der Waals surface area contributed by atoms with Crippen LogP contribution in [0.2, 0.25) is 10.0 Å². The zero-order valence-electron chi connectivity index (χ0n) is 15.7. The van der Waals surface area contributed by atoms with Crippen LogP contribution in [0.4, 0.5) is 5.69 Å². The Balaban J connectivity index is 2.22. The first-order valence-electron chi connectivity index (χ1n) is 8.60. The van der Waals surface area contributed by atoms with E-state index in [1.807, 2.05) is 25.1 Å². The van der Waals surface area contributed by atoms with E-state index < -0.39 is 15.7 Å². The molecule has 1 N–H and O–H groups in total. The molecular weight excluding hydrogens is 423 g/mol. The topological polar surface area (TPSA) is 93.5 Å². The van der Waals surface area contributed by atoms with Crippen LogP contribution in [-0.2, 0) is 14.6 Å². The van der Waals surface area contributed by atoms with Crippen molar-refractivity contribution in [1.29, 1.82) is 5.26 Å². The number of sulfone groups is 1. The SMILES string of the molecule is CN(C)CCN(/C=C(/C#N)C(=O)Nc1ccc(Cl)cc1Cl)C1CCS(=O)(=O)C1. The summed E-state index contributed by atoms with van der Waals surface area (Å²) >= 11 is 11.9. The molecule has 7 nitrogen and oxygen atoms in total. The van der Waals surface area contributed by atoms with Crippen LogP contribution in [0.25, 0.3) is 0 Å². The highest BCUT2D eigenvalue weighted by Gasteiger charge is 2.31. The second-order valence-corrected chi connectivity index (χ2v) is 9.90. The molecule has 152 valence electrons. The number of benzene rings is 1. The minimum absolute atomic E-state index is 0.0142. The van der Waals surface area contributed by atoms with Crippen LogP contribution in [0.3, 0.4) is 0 Å². The van der Waals surface area contributed by atoms with Crippen LogP contribution in [0.15, 0.2) is 30.0 Å². The zero-order chi connectivity index (χ0) is 20.9. The summed E-state index contributed by atoms with van der Waals surface area (Å²) in [6.07, 6.45) is 1.91. The lowest BCUT2D eigenvalue weighted by Crippen LogP contribution is -2.37. The van der Waals surface area contributed by atoms with E-state index >= 15 is 0 Å². The molecule has 0 spiro atoms. The Morgan fingerprint density at radius 1 is 1.36 bits per heavy atom. The van der Waals surface area contributed by atoms with Crippen LogP contribution in [-0.4, -0.2) is 68.9 Å². The maximum atomic E-state index is 12.5. The third-order valence-corrected chi connectivity index (χ3v) is 6.62. The Hall–Kier alpha value is -1.79. The molecule has 1 saturated heterocycles. The summed E-state index contributed by atoms with van der Waals surface area (Å²) in [6, 6.07) is 6.24. The second kappa shape index (κ2) is 9.61. The van der Waals surface area contributed by atoms with Gasteiger partial charge in [-0.15, -0.1) is 0 Å². The normalized spacial score (nSPS) is 18.7. The number of nitrogens with zero attached hydrogens (tertiary/aromatic N) is 3. The molecule has 0 saturated carbocycles. The predicted octanol–water partition coefficient (Wildman–Crippen LogP) is 2.39. The van der Waals surface area contributed by atoms with Crippen molar-refractivity contribution in [3.05, 3.63) is 40.0 Å². The number of likely N-dealkylation sites (N-methyl/N-ethyl adjacent to an activating group) is 1. The number of rotatable bonds is 7. The number of halogens is 2. The molecule has 10 heteroatoms. The average Bonchev–Trinajstić information content (AvgIpc) is 2.97. The molecule has 0 bridgehead atoms. The maximum absolute atomic E-state index is 12.5. The molecule has 0 aliphatic carbocycles. The number of hydrogen-bond acceptors (Lipinski definition) is 6. The van der Waals surface area contributed by atoms with E-state index in [1.54, 1.807) is 17.0 Å². The molecule has 1 heterocycles. The molecule has 1 fully saturated rings. The minimum atomic E-state index is -3.10. The molecule has 28 heavy (non-hydrogen) atoms. The van der Waals surface area contributed by atoms with Gasteiger partial charge in [-0.05, 0) is 38.7 Å². The van der Waals surface area contributed by atoms with Crippen LogP contribution < -0.4 is 5.32 Å². The van der Waals surface area contributed by atoms with E-state index in [0.29, 0.717) is 30.2 Å². The van der Waals surface area contributed by atoms with Gasteiger partial charge in [0.25, 0.3) is 5.91 Å². The summed E-state index contributed by atoms with van der Waals surface area (Å²) in [6.45, 7) is 1.14. The van der Waals surface area contributed by atoms with Crippen molar-refractivity contribution < 1.29 is 13.2 Å². The van der Waals surface area contributed by atoms with Crippen LogP contribution >= 0.6 is 23.2 Å². The van der Waals surface area contributed by atoms with E-state index in [4.69, 9.17) is 23.2 Å². The largest absolute Gasteiger partial charge is 0.371 e. The summed E-state index contributed by atoms with van der Waals surface area (Å²) in [4.78, 5) is 16.3. The first-order valence-corrected chi connectivity index (χ1v) is 11.2. The van der Waals surface area contributed by atoms with Gasteiger partial charge in [0, 0.05) is 30.4 Å².